The number of hydrogen-bond acceptors (Lipinski definition) is 8. The van der Waals surface area contributed by atoms with Gasteiger partial charge in [0.2, 0.25) is 5.91 Å². The number of rotatable bonds is 9. The molecular weight excluding hydrogens is 470 g/mol. The number of aromatic nitrogens is 5. The van der Waals surface area contributed by atoms with Gasteiger partial charge >= 0.3 is 0 Å². The molecule has 4 aromatic heterocycles. The SMILES string of the molecule is CC(=O)Nc1cc(Nc2nc(-c3cccc(C(F)F)n3)nc3[nH]cc(CNCC(C)(C)O)c23)ccn1. The van der Waals surface area contributed by atoms with E-state index in [9.17, 15) is 18.7 Å². The second kappa shape index (κ2) is 10.3. The van der Waals surface area contributed by atoms with Crippen LogP contribution in [-0.2, 0) is 11.3 Å². The Balaban J connectivity index is 1.77. The van der Waals surface area contributed by atoms with E-state index in [2.05, 4.69) is 40.9 Å². The minimum absolute atomic E-state index is 0.154. The van der Waals surface area contributed by atoms with Crippen LogP contribution in [0, 0.1) is 0 Å². The molecule has 0 spiro atoms. The van der Waals surface area contributed by atoms with Gasteiger partial charge in [-0.25, -0.2) is 28.7 Å². The van der Waals surface area contributed by atoms with Crippen LogP contribution in [0.5, 0.6) is 0 Å². The molecule has 1 amide bonds. The molecule has 0 aliphatic heterocycles. The Hall–Kier alpha value is -4.03. The van der Waals surface area contributed by atoms with Crippen molar-refractivity contribution in [3.05, 3.63) is 54.0 Å². The Morgan fingerprint density at radius 1 is 1.19 bits per heavy atom. The summed E-state index contributed by atoms with van der Waals surface area (Å²) in [5, 5.41) is 19.7. The number of nitrogens with one attached hydrogen (secondary N) is 4. The summed E-state index contributed by atoms with van der Waals surface area (Å²) in [5.74, 6) is 0.648. The van der Waals surface area contributed by atoms with Crippen molar-refractivity contribution < 1.29 is 18.7 Å². The average molecular weight is 497 g/mol. The lowest BCUT2D eigenvalue weighted by Gasteiger charge is -2.17. The molecule has 0 aliphatic rings. The quantitative estimate of drug-likeness (QED) is 0.235. The Labute approximate surface area is 205 Å². The average Bonchev–Trinajstić information content (AvgIpc) is 3.21. The van der Waals surface area contributed by atoms with E-state index in [0.29, 0.717) is 41.4 Å². The highest BCUT2D eigenvalue weighted by Gasteiger charge is 2.18. The van der Waals surface area contributed by atoms with Gasteiger partial charge in [-0.05, 0) is 37.6 Å². The lowest BCUT2D eigenvalue weighted by atomic mass is 10.1. The van der Waals surface area contributed by atoms with Crippen LogP contribution < -0.4 is 16.0 Å². The summed E-state index contributed by atoms with van der Waals surface area (Å²) in [6, 6.07) is 7.63. The van der Waals surface area contributed by atoms with Crippen molar-refractivity contribution in [2.45, 2.75) is 39.3 Å². The molecule has 4 aromatic rings. The zero-order valence-corrected chi connectivity index (χ0v) is 19.9. The molecule has 5 N–H and O–H groups in total. The number of fused-ring (bicyclic) bond motifs is 1. The van der Waals surface area contributed by atoms with E-state index in [1.807, 2.05) is 0 Å². The number of hydrogen-bond donors (Lipinski definition) is 5. The molecule has 0 fully saturated rings. The number of pyridine rings is 2. The number of alkyl halides is 2. The Morgan fingerprint density at radius 2 is 2.00 bits per heavy atom. The smallest absolute Gasteiger partial charge is 0.280 e. The summed E-state index contributed by atoms with van der Waals surface area (Å²) < 4.78 is 26.5. The summed E-state index contributed by atoms with van der Waals surface area (Å²) in [7, 11) is 0. The summed E-state index contributed by atoms with van der Waals surface area (Å²) >= 11 is 0. The molecule has 0 radical (unpaired) electrons. The van der Waals surface area contributed by atoms with Crippen molar-refractivity contribution in [3.63, 3.8) is 0 Å². The molecule has 0 bridgehead atoms. The molecular formula is C24H26F2N8O2. The second-order valence-corrected chi connectivity index (χ2v) is 8.83. The molecule has 0 aliphatic carbocycles. The van der Waals surface area contributed by atoms with Crippen LogP contribution in [0.25, 0.3) is 22.6 Å². The molecule has 4 rings (SSSR count). The molecule has 10 nitrogen and oxygen atoms in total. The summed E-state index contributed by atoms with van der Waals surface area (Å²) in [4.78, 5) is 31.8. The predicted molar refractivity (Wildman–Crippen MR) is 132 cm³/mol. The number of aliphatic hydroxyl groups is 1. The zero-order chi connectivity index (χ0) is 25.9. The highest BCUT2D eigenvalue weighted by molar-refractivity contribution is 5.94. The number of anilines is 3. The predicted octanol–water partition coefficient (Wildman–Crippen LogP) is 3.92. The van der Waals surface area contributed by atoms with Crippen molar-refractivity contribution in [3.8, 4) is 11.5 Å². The fraction of sp³-hybridized carbons (Fsp3) is 0.292. The first-order chi connectivity index (χ1) is 17.1. The van der Waals surface area contributed by atoms with Crippen molar-refractivity contribution in [1.29, 1.82) is 0 Å². The number of halogens is 2. The maximum absolute atomic E-state index is 13.2. The Bertz CT molecular complexity index is 1380. The Kier molecular flexibility index (Phi) is 7.17. The van der Waals surface area contributed by atoms with E-state index in [-0.39, 0.29) is 23.1 Å². The first kappa shape index (κ1) is 25.1. The molecule has 188 valence electrons. The van der Waals surface area contributed by atoms with Crippen molar-refractivity contribution in [2.75, 3.05) is 17.2 Å². The van der Waals surface area contributed by atoms with Gasteiger partial charge in [-0.15, -0.1) is 0 Å². The normalized spacial score (nSPS) is 11.8. The Morgan fingerprint density at radius 3 is 2.72 bits per heavy atom. The number of H-pyrrole nitrogens is 1. The first-order valence-electron chi connectivity index (χ1n) is 11.2. The minimum Gasteiger partial charge on any atom is -0.389 e. The number of aromatic amines is 1. The molecule has 12 heteroatoms. The number of amides is 1. The fourth-order valence-corrected chi connectivity index (χ4v) is 3.54. The van der Waals surface area contributed by atoms with Crippen LogP contribution >= 0.6 is 0 Å². The van der Waals surface area contributed by atoms with Gasteiger partial charge in [-0.2, -0.15) is 0 Å². The minimum atomic E-state index is -2.73. The lowest BCUT2D eigenvalue weighted by molar-refractivity contribution is -0.114. The van der Waals surface area contributed by atoms with Crippen LogP contribution in [0.3, 0.4) is 0 Å². The summed E-state index contributed by atoms with van der Waals surface area (Å²) in [6.45, 7) is 5.56. The van der Waals surface area contributed by atoms with Crippen molar-refractivity contribution in [2.24, 2.45) is 0 Å². The molecule has 0 saturated carbocycles. The van der Waals surface area contributed by atoms with E-state index in [1.54, 1.807) is 38.2 Å². The van der Waals surface area contributed by atoms with Crippen LogP contribution in [0.2, 0.25) is 0 Å². The van der Waals surface area contributed by atoms with Crippen LogP contribution in [0.15, 0.2) is 42.7 Å². The third-order valence-corrected chi connectivity index (χ3v) is 5.04. The van der Waals surface area contributed by atoms with E-state index in [1.165, 1.54) is 25.3 Å². The molecule has 0 atom stereocenters. The summed E-state index contributed by atoms with van der Waals surface area (Å²) in [5.41, 5.74) is 0.822. The zero-order valence-electron chi connectivity index (χ0n) is 19.9. The van der Waals surface area contributed by atoms with E-state index in [4.69, 9.17) is 0 Å². The molecule has 0 saturated heterocycles. The third kappa shape index (κ3) is 6.15. The number of carbonyl (C=O) groups is 1. The van der Waals surface area contributed by atoms with Gasteiger partial charge in [0.1, 0.15) is 28.7 Å². The van der Waals surface area contributed by atoms with Gasteiger partial charge < -0.3 is 26.0 Å². The third-order valence-electron chi connectivity index (χ3n) is 5.04. The van der Waals surface area contributed by atoms with Gasteiger partial charge in [0.05, 0.1) is 11.0 Å². The van der Waals surface area contributed by atoms with Crippen LogP contribution in [0.4, 0.5) is 26.1 Å². The molecule has 4 heterocycles. The monoisotopic (exact) mass is 496 g/mol. The second-order valence-electron chi connectivity index (χ2n) is 8.83. The highest BCUT2D eigenvalue weighted by atomic mass is 19.3. The highest BCUT2D eigenvalue weighted by Crippen LogP contribution is 2.30. The van der Waals surface area contributed by atoms with Crippen LogP contribution in [-0.4, -0.2) is 48.1 Å². The van der Waals surface area contributed by atoms with Gasteiger partial charge in [0.15, 0.2) is 5.82 Å². The topological polar surface area (TPSA) is 141 Å². The molecule has 0 aromatic carbocycles. The number of nitrogens with zero attached hydrogens (tertiary/aromatic N) is 4. The molecule has 0 unspecified atom stereocenters. The van der Waals surface area contributed by atoms with Gasteiger partial charge in [-0.3, -0.25) is 4.79 Å². The van der Waals surface area contributed by atoms with Crippen molar-refractivity contribution in [1.82, 2.24) is 30.2 Å². The fourth-order valence-electron chi connectivity index (χ4n) is 3.54. The first-order valence-corrected chi connectivity index (χ1v) is 11.2. The standard InChI is InChI=1S/C24H26F2N8O2/c1-13(35)30-18-9-15(7-8-28-18)31-23-19-14(10-27-12-24(2,3)36)11-29-22(19)33-21(34-23)17-6-4-5-16(32-17)20(25)26/h4-9,11,20,27,36H,10,12H2,1-3H3,(H3,28,29,30,31,33,34,35). The van der Waals surface area contributed by atoms with Crippen LogP contribution in [0.1, 0.15) is 38.5 Å². The van der Waals surface area contributed by atoms with Gasteiger partial charge in [-0.1, -0.05) is 6.07 Å². The molecule has 36 heavy (non-hydrogen) atoms. The van der Waals surface area contributed by atoms with Crippen molar-refractivity contribution >= 4 is 34.3 Å². The van der Waals surface area contributed by atoms with Gasteiger partial charge in [0, 0.05) is 44.2 Å². The maximum atomic E-state index is 13.2. The van der Waals surface area contributed by atoms with Gasteiger partial charge in [0.25, 0.3) is 6.43 Å². The maximum Gasteiger partial charge on any atom is 0.280 e. The lowest BCUT2D eigenvalue weighted by Crippen LogP contribution is -2.34. The summed E-state index contributed by atoms with van der Waals surface area (Å²) in [6.07, 6.45) is 0.572. The largest absolute Gasteiger partial charge is 0.389 e. The van der Waals surface area contributed by atoms with E-state index in [0.717, 1.165) is 5.56 Å². The number of carbonyl (C=O) groups excluding carboxylic acids is 1. The van der Waals surface area contributed by atoms with E-state index < -0.39 is 12.0 Å². The van der Waals surface area contributed by atoms with E-state index >= 15 is 0 Å².